The topological polar surface area (TPSA) is 46.3 Å². The van der Waals surface area contributed by atoms with Gasteiger partial charge in [-0.15, -0.1) is 0 Å². The summed E-state index contributed by atoms with van der Waals surface area (Å²) in [6.45, 7) is 0.131. The quantitative estimate of drug-likeness (QED) is 0.882. The first-order chi connectivity index (χ1) is 9.91. The third kappa shape index (κ3) is 3.13. The van der Waals surface area contributed by atoms with Crippen molar-refractivity contribution in [3.8, 4) is 0 Å². The number of rotatable bonds is 3. The molecule has 2 N–H and O–H groups in total. The molecule has 0 radical (unpaired) electrons. The SMILES string of the molecule is CN(Cc1ccccc1Cl)C(=O)c1c(F)ccc(N)c1F. The van der Waals surface area contributed by atoms with Crippen LogP contribution in [0.1, 0.15) is 15.9 Å². The van der Waals surface area contributed by atoms with Gasteiger partial charge in [-0.1, -0.05) is 29.8 Å². The van der Waals surface area contributed by atoms with E-state index in [0.717, 1.165) is 12.1 Å². The Labute approximate surface area is 125 Å². The zero-order chi connectivity index (χ0) is 15.6. The number of nitrogens with two attached hydrogens (primary N) is 1. The monoisotopic (exact) mass is 310 g/mol. The van der Waals surface area contributed by atoms with Crippen LogP contribution in [0.4, 0.5) is 14.5 Å². The van der Waals surface area contributed by atoms with Crippen molar-refractivity contribution in [1.82, 2.24) is 4.90 Å². The van der Waals surface area contributed by atoms with Crippen LogP contribution in [0.3, 0.4) is 0 Å². The van der Waals surface area contributed by atoms with Gasteiger partial charge in [0.05, 0.1) is 5.69 Å². The molecule has 2 aromatic carbocycles. The molecule has 1 amide bonds. The maximum atomic E-state index is 13.9. The number of amides is 1. The molecule has 6 heteroatoms. The fraction of sp³-hybridized carbons (Fsp3) is 0.133. The number of anilines is 1. The van der Waals surface area contributed by atoms with Crippen LogP contribution in [-0.2, 0) is 6.54 Å². The second kappa shape index (κ2) is 6.10. The minimum atomic E-state index is -1.05. The Morgan fingerprint density at radius 2 is 1.90 bits per heavy atom. The number of halogens is 3. The predicted molar refractivity (Wildman–Crippen MR) is 78.0 cm³/mol. The highest BCUT2D eigenvalue weighted by atomic mass is 35.5. The van der Waals surface area contributed by atoms with Crippen LogP contribution in [0.15, 0.2) is 36.4 Å². The zero-order valence-corrected chi connectivity index (χ0v) is 12.0. The van der Waals surface area contributed by atoms with E-state index in [1.165, 1.54) is 11.9 Å². The molecule has 0 aliphatic heterocycles. The van der Waals surface area contributed by atoms with Gasteiger partial charge in [-0.2, -0.15) is 0 Å². The van der Waals surface area contributed by atoms with E-state index >= 15 is 0 Å². The van der Waals surface area contributed by atoms with Crippen LogP contribution in [0.25, 0.3) is 0 Å². The van der Waals surface area contributed by atoms with Crippen LogP contribution in [0.5, 0.6) is 0 Å². The summed E-state index contributed by atoms with van der Waals surface area (Å²) in [6.07, 6.45) is 0. The largest absolute Gasteiger partial charge is 0.396 e. The molecule has 0 aromatic heterocycles. The zero-order valence-electron chi connectivity index (χ0n) is 11.2. The molecule has 0 aliphatic rings. The molecule has 0 saturated heterocycles. The first kappa shape index (κ1) is 15.3. The van der Waals surface area contributed by atoms with Gasteiger partial charge in [0.15, 0.2) is 5.82 Å². The van der Waals surface area contributed by atoms with Crippen LogP contribution in [0.2, 0.25) is 5.02 Å². The molecule has 3 nitrogen and oxygen atoms in total. The Morgan fingerprint density at radius 3 is 2.57 bits per heavy atom. The number of hydrogen-bond acceptors (Lipinski definition) is 2. The fourth-order valence-corrected chi connectivity index (χ4v) is 2.10. The summed E-state index contributed by atoms with van der Waals surface area (Å²) >= 11 is 6.00. The lowest BCUT2D eigenvalue weighted by Crippen LogP contribution is -2.28. The van der Waals surface area contributed by atoms with Crippen LogP contribution in [0, 0.1) is 11.6 Å². The minimum absolute atomic E-state index is 0.131. The highest BCUT2D eigenvalue weighted by Crippen LogP contribution is 2.22. The molecule has 21 heavy (non-hydrogen) atoms. The van der Waals surface area contributed by atoms with Gasteiger partial charge >= 0.3 is 0 Å². The summed E-state index contributed by atoms with van der Waals surface area (Å²) in [5, 5.41) is 0.477. The standard InChI is InChI=1S/C15H13ClF2N2O/c1-20(8-9-4-2-3-5-10(9)16)15(21)13-11(17)6-7-12(19)14(13)18/h2-7H,8,19H2,1H3. The van der Waals surface area contributed by atoms with Crippen molar-refractivity contribution in [2.75, 3.05) is 12.8 Å². The molecule has 0 unspecified atom stereocenters. The van der Waals surface area contributed by atoms with Gasteiger partial charge < -0.3 is 10.6 Å². The third-order valence-corrected chi connectivity index (χ3v) is 3.42. The van der Waals surface area contributed by atoms with Gasteiger partial charge in [0.1, 0.15) is 11.4 Å². The van der Waals surface area contributed by atoms with Gasteiger partial charge in [0.25, 0.3) is 5.91 Å². The van der Waals surface area contributed by atoms with Crippen molar-refractivity contribution >= 4 is 23.2 Å². The van der Waals surface area contributed by atoms with Gasteiger partial charge in [0, 0.05) is 18.6 Å². The van der Waals surface area contributed by atoms with Gasteiger partial charge in [0.2, 0.25) is 0 Å². The van der Waals surface area contributed by atoms with Crippen molar-refractivity contribution in [2.45, 2.75) is 6.54 Å². The number of hydrogen-bond donors (Lipinski definition) is 1. The summed E-state index contributed by atoms with van der Waals surface area (Å²) in [5.74, 6) is -2.79. The van der Waals surface area contributed by atoms with Crippen molar-refractivity contribution in [1.29, 1.82) is 0 Å². The third-order valence-electron chi connectivity index (χ3n) is 3.05. The average Bonchev–Trinajstić information content (AvgIpc) is 2.45. The van der Waals surface area contributed by atoms with Crippen molar-refractivity contribution < 1.29 is 13.6 Å². The maximum Gasteiger partial charge on any atom is 0.259 e. The molecule has 110 valence electrons. The number of benzene rings is 2. The van der Waals surface area contributed by atoms with Crippen molar-refractivity contribution in [2.24, 2.45) is 0 Å². The molecule has 0 saturated carbocycles. The molecule has 0 fully saturated rings. The first-order valence-corrected chi connectivity index (χ1v) is 6.52. The van der Waals surface area contributed by atoms with E-state index in [2.05, 4.69) is 0 Å². The Balaban J connectivity index is 2.29. The molecular formula is C15H13ClF2N2O. The van der Waals surface area contributed by atoms with E-state index in [4.69, 9.17) is 17.3 Å². The Hall–Kier alpha value is -2.14. The number of carbonyl (C=O) groups is 1. The highest BCUT2D eigenvalue weighted by molar-refractivity contribution is 6.31. The molecular weight excluding hydrogens is 298 g/mol. The lowest BCUT2D eigenvalue weighted by atomic mass is 10.1. The summed E-state index contributed by atoms with van der Waals surface area (Å²) in [7, 11) is 1.44. The molecule has 0 atom stereocenters. The van der Waals surface area contributed by atoms with E-state index in [9.17, 15) is 13.6 Å². The number of nitrogen functional groups attached to an aromatic ring is 1. The van der Waals surface area contributed by atoms with Crippen LogP contribution < -0.4 is 5.73 Å². The maximum absolute atomic E-state index is 13.9. The Kier molecular flexibility index (Phi) is 4.43. The number of nitrogens with zero attached hydrogens (tertiary/aromatic N) is 1. The molecule has 0 aliphatic carbocycles. The minimum Gasteiger partial charge on any atom is -0.396 e. The highest BCUT2D eigenvalue weighted by Gasteiger charge is 2.23. The summed E-state index contributed by atoms with van der Waals surface area (Å²) < 4.78 is 27.5. The predicted octanol–water partition coefficient (Wildman–Crippen LogP) is 3.47. The van der Waals surface area contributed by atoms with E-state index in [1.807, 2.05) is 0 Å². The fourth-order valence-electron chi connectivity index (χ4n) is 1.91. The van der Waals surface area contributed by atoms with Crippen molar-refractivity contribution in [3.05, 3.63) is 64.2 Å². The van der Waals surface area contributed by atoms with E-state index < -0.39 is 23.1 Å². The van der Waals surface area contributed by atoms with Crippen molar-refractivity contribution in [3.63, 3.8) is 0 Å². The molecule has 2 rings (SSSR count). The van der Waals surface area contributed by atoms with E-state index in [1.54, 1.807) is 24.3 Å². The smallest absolute Gasteiger partial charge is 0.259 e. The van der Waals surface area contributed by atoms with Gasteiger partial charge in [-0.3, -0.25) is 4.79 Å². The lowest BCUT2D eigenvalue weighted by molar-refractivity contribution is 0.0775. The Morgan fingerprint density at radius 1 is 1.24 bits per heavy atom. The van der Waals surface area contributed by atoms with Crippen LogP contribution >= 0.6 is 11.6 Å². The Bertz CT molecular complexity index is 691. The van der Waals surface area contributed by atoms with E-state index in [-0.39, 0.29) is 12.2 Å². The van der Waals surface area contributed by atoms with E-state index in [0.29, 0.717) is 10.6 Å². The van der Waals surface area contributed by atoms with Gasteiger partial charge in [-0.05, 0) is 23.8 Å². The first-order valence-electron chi connectivity index (χ1n) is 6.14. The van der Waals surface area contributed by atoms with Crippen LogP contribution in [-0.4, -0.2) is 17.9 Å². The molecule has 0 spiro atoms. The molecule has 2 aromatic rings. The molecule has 0 bridgehead atoms. The number of carbonyl (C=O) groups excluding carboxylic acids is 1. The summed E-state index contributed by atoms with van der Waals surface area (Å²) in [4.78, 5) is 13.4. The second-order valence-electron chi connectivity index (χ2n) is 4.58. The average molecular weight is 311 g/mol. The lowest BCUT2D eigenvalue weighted by Gasteiger charge is -2.19. The molecule has 0 heterocycles. The van der Waals surface area contributed by atoms with Gasteiger partial charge in [-0.25, -0.2) is 8.78 Å². The normalized spacial score (nSPS) is 10.5. The second-order valence-corrected chi connectivity index (χ2v) is 4.99. The summed E-state index contributed by atoms with van der Waals surface area (Å²) in [6, 6.07) is 8.98. The summed E-state index contributed by atoms with van der Waals surface area (Å²) in [5.41, 5.74) is 5.12.